The number of morpholine rings is 1. The lowest BCUT2D eigenvalue weighted by Gasteiger charge is -2.27. The quantitative estimate of drug-likeness (QED) is 0.692. The number of carbonyl (C=O) groups excluding carboxylic acids is 1. The molecular formula is C19H19ClN4O3. The number of nitrogens with zero attached hydrogens (tertiary/aromatic N) is 4. The molecule has 1 aliphatic heterocycles. The van der Waals surface area contributed by atoms with Gasteiger partial charge in [0.25, 0.3) is 5.91 Å². The van der Waals surface area contributed by atoms with Crippen molar-refractivity contribution in [1.82, 2.24) is 19.7 Å². The summed E-state index contributed by atoms with van der Waals surface area (Å²) in [5.74, 6) is 0.588. The Labute approximate surface area is 161 Å². The number of ether oxygens (including phenoxy) is 2. The van der Waals surface area contributed by atoms with Crippen molar-refractivity contribution < 1.29 is 14.3 Å². The van der Waals surface area contributed by atoms with Crippen molar-refractivity contribution in [2.45, 2.75) is 6.92 Å². The Morgan fingerprint density at radius 3 is 2.81 bits per heavy atom. The number of rotatable bonds is 3. The summed E-state index contributed by atoms with van der Waals surface area (Å²) in [5.41, 5.74) is 2.51. The van der Waals surface area contributed by atoms with Crippen molar-refractivity contribution in [2.24, 2.45) is 0 Å². The second kappa shape index (κ2) is 7.17. The van der Waals surface area contributed by atoms with Gasteiger partial charge in [-0.15, -0.1) is 0 Å². The van der Waals surface area contributed by atoms with Gasteiger partial charge >= 0.3 is 0 Å². The molecule has 0 radical (unpaired) electrons. The molecule has 0 aliphatic carbocycles. The summed E-state index contributed by atoms with van der Waals surface area (Å²) in [6.45, 7) is 4.03. The lowest BCUT2D eigenvalue weighted by Crippen LogP contribution is -2.40. The first-order chi connectivity index (χ1) is 13.1. The van der Waals surface area contributed by atoms with Gasteiger partial charge in [-0.3, -0.25) is 4.79 Å². The maximum absolute atomic E-state index is 12.8. The molecule has 1 aliphatic rings. The molecule has 0 saturated carbocycles. The second-order valence-electron chi connectivity index (χ2n) is 6.29. The maximum Gasteiger partial charge on any atom is 0.257 e. The van der Waals surface area contributed by atoms with E-state index in [0.717, 1.165) is 11.4 Å². The van der Waals surface area contributed by atoms with Crippen LogP contribution in [0, 0.1) is 6.92 Å². The molecule has 0 unspecified atom stereocenters. The highest BCUT2D eigenvalue weighted by Crippen LogP contribution is 2.31. The van der Waals surface area contributed by atoms with Gasteiger partial charge < -0.3 is 14.4 Å². The first-order valence-corrected chi connectivity index (χ1v) is 9.03. The van der Waals surface area contributed by atoms with Crippen molar-refractivity contribution in [3.05, 3.63) is 46.7 Å². The predicted molar refractivity (Wildman–Crippen MR) is 102 cm³/mol. The Balaban J connectivity index is 1.80. The Morgan fingerprint density at radius 2 is 2.07 bits per heavy atom. The Hall–Kier alpha value is -2.64. The predicted octanol–water partition coefficient (Wildman–Crippen LogP) is 2.86. The molecule has 1 aromatic carbocycles. The Morgan fingerprint density at radius 1 is 1.30 bits per heavy atom. The fourth-order valence-corrected chi connectivity index (χ4v) is 3.57. The van der Waals surface area contributed by atoms with Crippen LogP contribution in [0.5, 0.6) is 5.75 Å². The van der Waals surface area contributed by atoms with Crippen LogP contribution in [0.1, 0.15) is 16.1 Å². The molecule has 3 aromatic rings. The number of methoxy groups -OCH3 is 1. The Kier molecular flexibility index (Phi) is 4.72. The van der Waals surface area contributed by atoms with E-state index in [4.69, 9.17) is 21.1 Å². The van der Waals surface area contributed by atoms with Crippen molar-refractivity contribution in [3.8, 4) is 11.4 Å². The SMILES string of the molecule is COc1cccc(-n2nc(C)c3c(Cl)c(C(=O)N4CCOCC4)cnc32)c1. The zero-order valence-electron chi connectivity index (χ0n) is 15.1. The molecule has 27 heavy (non-hydrogen) atoms. The van der Waals surface area contributed by atoms with E-state index in [1.807, 2.05) is 31.2 Å². The number of aromatic nitrogens is 3. The number of fused-ring (bicyclic) bond motifs is 1. The van der Waals surface area contributed by atoms with E-state index < -0.39 is 0 Å². The van der Waals surface area contributed by atoms with Crippen molar-refractivity contribution in [3.63, 3.8) is 0 Å². The highest BCUT2D eigenvalue weighted by Gasteiger charge is 2.24. The van der Waals surface area contributed by atoms with E-state index in [1.165, 1.54) is 6.20 Å². The zero-order chi connectivity index (χ0) is 19.0. The third-order valence-electron chi connectivity index (χ3n) is 4.63. The van der Waals surface area contributed by atoms with E-state index in [1.54, 1.807) is 16.7 Å². The number of halogens is 1. The van der Waals surface area contributed by atoms with Crippen LogP contribution in [0.15, 0.2) is 30.5 Å². The van der Waals surface area contributed by atoms with Crippen molar-refractivity contribution >= 4 is 28.5 Å². The summed E-state index contributed by atoms with van der Waals surface area (Å²) < 4.78 is 12.3. The van der Waals surface area contributed by atoms with E-state index in [-0.39, 0.29) is 5.91 Å². The maximum atomic E-state index is 12.8. The normalized spacial score (nSPS) is 14.6. The van der Waals surface area contributed by atoms with Gasteiger partial charge in [-0.1, -0.05) is 17.7 Å². The number of benzene rings is 1. The molecule has 1 amide bonds. The molecule has 2 aromatic heterocycles. The molecule has 3 heterocycles. The smallest absolute Gasteiger partial charge is 0.257 e. The largest absolute Gasteiger partial charge is 0.497 e. The molecule has 0 atom stereocenters. The average Bonchev–Trinajstić information content (AvgIpc) is 3.06. The van der Waals surface area contributed by atoms with Crippen molar-refractivity contribution in [1.29, 1.82) is 0 Å². The van der Waals surface area contributed by atoms with Crippen LogP contribution in [0.4, 0.5) is 0 Å². The highest BCUT2D eigenvalue weighted by atomic mass is 35.5. The fraction of sp³-hybridized carbons (Fsp3) is 0.316. The summed E-state index contributed by atoms with van der Waals surface area (Å²) in [6.07, 6.45) is 1.53. The molecule has 1 saturated heterocycles. The number of aryl methyl sites for hydroxylation is 1. The number of amides is 1. The molecule has 7 nitrogen and oxygen atoms in total. The van der Waals surface area contributed by atoms with E-state index >= 15 is 0 Å². The summed E-state index contributed by atoms with van der Waals surface area (Å²) in [6, 6.07) is 7.53. The molecular weight excluding hydrogens is 368 g/mol. The van der Waals surface area contributed by atoms with Gasteiger partial charge in [0.15, 0.2) is 5.65 Å². The number of carbonyl (C=O) groups is 1. The number of pyridine rings is 1. The van der Waals surface area contributed by atoms with Crippen molar-refractivity contribution in [2.75, 3.05) is 33.4 Å². The first kappa shape index (κ1) is 17.8. The molecule has 4 rings (SSSR count). The summed E-state index contributed by atoms with van der Waals surface area (Å²) >= 11 is 6.62. The van der Waals surface area contributed by atoms with Gasteiger partial charge in [0.1, 0.15) is 5.75 Å². The average molecular weight is 387 g/mol. The summed E-state index contributed by atoms with van der Waals surface area (Å²) in [7, 11) is 1.62. The monoisotopic (exact) mass is 386 g/mol. The molecule has 8 heteroatoms. The van der Waals surface area contributed by atoms with E-state index in [9.17, 15) is 4.79 Å². The highest BCUT2D eigenvalue weighted by molar-refractivity contribution is 6.38. The molecule has 1 fully saturated rings. The minimum absolute atomic E-state index is 0.133. The lowest BCUT2D eigenvalue weighted by atomic mass is 10.1. The molecule has 0 N–H and O–H groups in total. The standard InChI is InChI=1S/C19H19ClN4O3/c1-12-16-17(20)15(19(25)23-6-8-27-9-7-23)11-21-18(16)24(22-12)13-4-3-5-14(10-13)26-2/h3-5,10-11H,6-9H2,1-2H3. The van der Waals surface area contributed by atoms with Gasteiger partial charge in [-0.25, -0.2) is 9.67 Å². The third kappa shape index (κ3) is 3.13. The van der Waals surface area contributed by atoms with Gasteiger partial charge in [-0.2, -0.15) is 5.10 Å². The number of hydrogen-bond acceptors (Lipinski definition) is 5. The molecule has 0 bridgehead atoms. The van der Waals surface area contributed by atoms with Gasteiger partial charge in [-0.05, 0) is 19.1 Å². The minimum atomic E-state index is -0.133. The minimum Gasteiger partial charge on any atom is -0.497 e. The van der Waals surface area contributed by atoms with Crippen LogP contribution in [-0.4, -0.2) is 59.0 Å². The van der Waals surface area contributed by atoms with Crippen LogP contribution in [-0.2, 0) is 4.74 Å². The second-order valence-corrected chi connectivity index (χ2v) is 6.67. The van der Waals surface area contributed by atoms with E-state index in [2.05, 4.69) is 10.1 Å². The fourth-order valence-electron chi connectivity index (χ4n) is 3.22. The third-order valence-corrected chi connectivity index (χ3v) is 5.03. The number of hydrogen-bond donors (Lipinski definition) is 0. The Bertz CT molecular complexity index is 1010. The van der Waals surface area contributed by atoms with Gasteiger partial charge in [0.05, 0.1) is 47.7 Å². The molecule has 140 valence electrons. The first-order valence-electron chi connectivity index (χ1n) is 8.65. The summed E-state index contributed by atoms with van der Waals surface area (Å²) in [4.78, 5) is 19.1. The van der Waals surface area contributed by atoms with Crippen LogP contribution in [0.25, 0.3) is 16.7 Å². The van der Waals surface area contributed by atoms with Crippen LogP contribution < -0.4 is 4.74 Å². The van der Waals surface area contributed by atoms with Crippen LogP contribution in [0.2, 0.25) is 5.02 Å². The zero-order valence-corrected chi connectivity index (χ0v) is 15.9. The van der Waals surface area contributed by atoms with Gasteiger partial charge in [0.2, 0.25) is 0 Å². The van der Waals surface area contributed by atoms with Gasteiger partial charge in [0, 0.05) is 25.4 Å². The summed E-state index contributed by atoms with van der Waals surface area (Å²) in [5, 5.41) is 5.64. The van der Waals surface area contributed by atoms with Crippen LogP contribution in [0.3, 0.4) is 0 Å². The van der Waals surface area contributed by atoms with Crippen LogP contribution >= 0.6 is 11.6 Å². The lowest BCUT2D eigenvalue weighted by molar-refractivity contribution is 0.0303. The molecule has 0 spiro atoms. The topological polar surface area (TPSA) is 69.5 Å². The van der Waals surface area contributed by atoms with E-state index in [0.29, 0.717) is 53.6 Å².